The van der Waals surface area contributed by atoms with Crippen LogP contribution in [0.3, 0.4) is 0 Å². The van der Waals surface area contributed by atoms with E-state index in [-0.39, 0.29) is 31.2 Å². The average Bonchev–Trinajstić information content (AvgIpc) is 2.86. The Morgan fingerprint density at radius 1 is 1.42 bits per heavy atom. The van der Waals surface area contributed by atoms with E-state index in [9.17, 15) is 14.4 Å². The molecule has 0 aliphatic carbocycles. The van der Waals surface area contributed by atoms with Gasteiger partial charge in [0.15, 0.2) is 5.82 Å². The van der Waals surface area contributed by atoms with Gasteiger partial charge in [-0.05, 0) is 19.3 Å². The fourth-order valence-corrected chi connectivity index (χ4v) is 2.44. The Kier molecular flexibility index (Phi) is 5.88. The molecule has 1 saturated heterocycles. The lowest BCUT2D eigenvalue weighted by Gasteiger charge is -2.24. The highest BCUT2D eigenvalue weighted by Crippen LogP contribution is 2.10. The van der Waals surface area contributed by atoms with Crippen LogP contribution in [0.4, 0.5) is 4.79 Å². The lowest BCUT2D eigenvalue weighted by molar-refractivity contribution is -0.133. The summed E-state index contributed by atoms with van der Waals surface area (Å²) in [7, 11) is 0. The fraction of sp³-hybridized carbons (Fsp3) is 0.667. The van der Waals surface area contributed by atoms with Crippen LogP contribution >= 0.6 is 0 Å². The summed E-state index contributed by atoms with van der Waals surface area (Å²) in [4.78, 5) is 41.3. The Hall–Kier alpha value is -2.45. The van der Waals surface area contributed by atoms with Crippen LogP contribution in [0.15, 0.2) is 4.52 Å². The number of amides is 4. The standard InChI is InChI=1S/C15H23N5O4/c1-4-20(8-11-17-13(24-19-11)7-9(2)3)14(22)10-5-6-12(21)18-15(23)16-10/h9-10H,4-8H2,1-3H3,(H2,16,18,21,23). The summed E-state index contributed by atoms with van der Waals surface area (Å²) in [5.74, 6) is 0.712. The molecule has 9 heteroatoms. The molecular formula is C15H23N5O4. The van der Waals surface area contributed by atoms with Crippen molar-refractivity contribution in [2.75, 3.05) is 6.54 Å². The van der Waals surface area contributed by atoms with Crippen LogP contribution in [0.5, 0.6) is 0 Å². The first-order valence-corrected chi connectivity index (χ1v) is 8.09. The molecule has 1 unspecified atom stereocenters. The van der Waals surface area contributed by atoms with Gasteiger partial charge in [0.2, 0.25) is 17.7 Å². The molecule has 1 aromatic rings. The van der Waals surface area contributed by atoms with Crippen LogP contribution in [-0.2, 0) is 22.6 Å². The van der Waals surface area contributed by atoms with Crippen molar-refractivity contribution >= 4 is 17.8 Å². The van der Waals surface area contributed by atoms with Crippen molar-refractivity contribution < 1.29 is 18.9 Å². The van der Waals surface area contributed by atoms with Gasteiger partial charge in [-0.25, -0.2) is 4.79 Å². The molecular weight excluding hydrogens is 314 g/mol. The second-order valence-electron chi connectivity index (χ2n) is 6.17. The molecule has 24 heavy (non-hydrogen) atoms. The molecule has 1 atom stereocenters. The predicted molar refractivity (Wildman–Crippen MR) is 83.6 cm³/mol. The van der Waals surface area contributed by atoms with Crippen LogP contribution in [0, 0.1) is 5.92 Å². The third-order valence-electron chi connectivity index (χ3n) is 3.64. The summed E-state index contributed by atoms with van der Waals surface area (Å²) in [5, 5.41) is 8.57. The normalized spacial score (nSPS) is 18.1. The zero-order valence-corrected chi connectivity index (χ0v) is 14.2. The SMILES string of the molecule is CCN(Cc1noc(CC(C)C)n1)C(=O)C1CCC(=O)NC(=O)N1. The molecule has 0 saturated carbocycles. The van der Waals surface area contributed by atoms with Crippen molar-refractivity contribution in [2.45, 2.75) is 52.6 Å². The van der Waals surface area contributed by atoms with Crippen molar-refractivity contribution in [1.29, 1.82) is 0 Å². The Balaban J connectivity index is 2.01. The van der Waals surface area contributed by atoms with Crippen LogP contribution in [-0.4, -0.2) is 45.5 Å². The second-order valence-corrected chi connectivity index (χ2v) is 6.17. The predicted octanol–water partition coefficient (Wildman–Crippen LogP) is 0.605. The van der Waals surface area contributed by atoms with E-state index in [1.807, 2.05) is 6.92 Å². The number of aromatic nitrogens is 2. The van der Waals surface area contributed by atoms with E-state index in [1.54, 1.807) is 0 Å². The number of rotatable bonds is 6. The van der Waals surface area contributed by atoms with Crippen molar-refractivity contribution in [3.05, 3.63) is 11.7 Å². The van der Waals surface area contributed by atoms with E-state index >= 15 is 0 Å². The number of carbonyl (C=O) groups is 3. The molecule has 4 amide bonds. The van der Waals surface area contributed by atoms with Gasteiger partial charge in [-0.2, -0.15) is 4.98 Å². The van der Waals surface area contributed by atoms with Gasteiger partial charge in [0.1, 0.15) is 6.04 Å². The van der Waals surface area contributed by atoms with E-state index < -0.39 is 12.1 Å². The van der Waals surface area contributed by atoms with Crippen molar-refractivity contribution in [3.63, 3.8) is 0 Å². The smallest absolute Gasteiger partial charge is 0.322 e. The maximum absolute atomic E-state index is 12.6. The Morgan fingerprint density at radius 2 is 2.17 bits per heavy atom. The van der Waals surface area contributed by atoms with Crippen molar-refractivity contribution in [3.8, 4) is 0 Å². The van der Waals surface area contributed by atoms with E-state index in [4.69, 9.17) is 4.52 Å². The van der Waals surface area contributed by atoms with Crippen LogP contribution < -0.4 is 10.6 Å². The molecule has 0 spiro atoms. The molecule has 1 aliphatic heterocycles. The highest BCUT2D eigenvalue weighted by atomic mass is 16.5. The summed E-state index contributed by atoms with van der Waals surface area (Å²) in [6.45, 7) is 6.56. The summed E-state index contributed by atoms with van der Waals surface area (Å²) in [6.07, 6.45) is 1.06. The number of nitrogens with one attached hydrogen (secondary N) is 2. The first kappa shape index (κ1) is 17.9. The van der Waals surface area contributed by atoms with Gasteiger partial charge in [0.05, 0.1) is 6.54 Å². The minimum atomic E-state index is -0.738. The zero-order chi connectivity index (χ0) is 17.7. The van der Waals surface area contributed by atoms with Gasteiger partial charge in [-0.15, -0.1) is 0 Å². The number of likely N-dealkylation sites (N-methyl/N-ethyl adjacent to an activating group) is 1. The van der Waals surface area contributed by atoms with Gasteiger partial charge >= 0.3 is 6.03 Å². The minimum Gasteiger partial charge on any atom is -0.339 e. The highest BCUT2D eigenvalue weighted by molar-refractivity contribution is 5.98. The first-order chi connectivity index (χ1) is 11.4. The lowest BCUT2D eigenvalue weighted by Crippen LogP contribution is -2.49. The molecule has 2 N–H and O–H groups in total. The third-order valence-corrected chi connectivity index (χ3v) is 3.64. The number of carbonyl (C=O) groups excluding carboxylic acids is 3. The van der Waals surface area contributed by atoms with Gasteiger partial charge in [0, 0.05) is 19.4 Å². The van der Waals surface area contributed by atoms with E-state index in [0.29, 0.717) is 30.6 Å². The van der Waals surface area contributed by atoms with Crippen molar-refractivity contribution in [1.82, 2.24) is 25.7 Å². The molecule has 1 aliphatic rings. The number of hydrogen-bond acceptors (Lipinski definition) is 6. The van der Waals surface area contributed by atoms with E-state index in [2.05, 4.69) is 34.6 Å². The van der Waals surface area contributed by atoms with Crippen LogP contribution in [0.1, 0.15) is 45.3 Å². The maximum Gasteiger partial charge on any atom is 0.322 e. The molecule has 2 rings (SSSR count). The third kappa shape index (κ3) is 4.77. The molecule has 132 valence electrons. The Labute approximate surface area is 140 Å². The van der Waals surface area contributed by atoms with Crippen LogP contribution in [0.25, 0.3) is 0 Å². The number of nitrogens with zero attached hydrogens (tertiary/aromatic N) is 3. The number of imide groups is 1. The van der Waals surface area contributed by atoms with Crippen LogP contribution in [0.2, 0.25) is 0 Å². The molecule has 2 heterocycles. The summed E-state index contributed by atoms with van der Waals surface area (Å²) >= 11 is 0. The Morgan fingerprint density at radius 3 is 2.83 bits per heavy atom. The maximum atomic E-state index is 12.6. The fourth-order valence-electron chi connectivity index (χ4n) is 2.44. The number of hydrogen-bond donors (Lipinski definition) is 2. The zero-order valence-electron chi connectivity index (χ0n) is 14.2. The monoisotopic (exact) mass is 337 g/mol. The number of urea groups is 1. The highest BCUT2D eigenvalue weighted by Gasteiger charge is 2.29. The Bertz CT molecular complexity index is 613. The second kappa shape index (κ2) is 7.89. The summed E-state index contributed by atoms with van der Waals surface area (Å²) < 4.78 is 5.17. The van der Waals surface area contributed by atoms with Gasteiger partial charge in [-0.1, -0.05) is 19.0 Å². The quantitative estimate of drug-likeness (QED) is 0.785. The lowest BCUT2D eigenvalue weighted by atomic mass is 10.1. The van der Waals surface area contributed by atoms with Gasteiger partial charge in [0.25, 0.3) is 0 Å². The molecule has 0 bridgehead atoms. The topological polar surface area (TPSA) is 117 Å². The summed E-state index contributed by atoms with van der Waals surface area (Å²) in [6, 6.07) is -1.39. The molecule has 0 radical (unpaired) electrons. The summed E-state index contributed by atoms with van der Waals surface area (Å²) in [5.41, 5.74) is 0. The van der Waals surface area contributed by atoms with Gasteiger partial charge < -0.3 is 14.7 Å². The molecule has 9 nitrogen and oxygen atoms in total. The largest absolute Gasteiger partial charge is 0.339 e. The first-order valence-electron chi connectivity index (χ1n) is 8.09. The minimum absolute atomic E-state index is 0.118. The van der Waals surface area contributed by atoms with Crippen molar-refractivity contribution in [2.24, 2.45) is 5.92 Å². The van der Waals surface area contributed by atoms with E-state index in [1.165, 1.54) is 4.90 Å². The van der Waals surface area contributed by atoms with E-state index in [0.717, 1.165) is 0 Å². The molecule has 0 aromatic carbocycles. The molecule has 1 fully saturated rings. The average molecular weight is 337 g/mol. The van der Waals surface area contributed by atoms with Gasteiger partial charge in [-0.3, -0.25) is 14.9 Å². The molecule has 1 aromatic heterocycles.